The van der Waals surface area contributed by atoms with Crippen LogP contribution in [-0.2, 0) is 11.3 Å². The Hall–Kier alpha value is -2.08. The van der Waals surface area contributed by atoms with Gasteiger partial charge in [-0.05, 0) is 30.3 Å². The maximum Gasteiger partial charge on any atom is 0.338 e. The zero-order valence-corrected chi connectivity index (χ0v) is 12.8. The molecule has 2 N–H and O–H groups in total. The predicted molar refractivity (Wildman–Crippen MR) is 80.6 cm³/mol. The fraction of sp³-hybridized carbons (Fsp3) is 0.133. The number of carbonyl (C=O) groups is 1. The Morgan fingerprint density at radius 3 is 2.71 bits per heavy atom. The second kappa shape index (κ2) is 6.58. The van der Waals surface area contributed by atoms with Crippen molar-refractivity contribution in [2.24, 2.45) is 0 Å². The maximum atomic E-state index is 13.6. The number of methoxy groups -OCH3 is 1. The highest BCUT2D eigenvalue weighted by Gasteiger charge is 2.12. The molecule has 0 aliphatic rings. The molecule has 0 aliphatic carbocycles. The van der Waals surface area contributed by atoms with Gasteiger partial charge >= 0.3 is 5.97 Å². The molecule has 2 rings (SSSR count). The van der Waals surface area contributed by atoms with E-state index in [2.05, 4.69) is 15.9 Å². The van der Waals surface area contributed by atoms with Gasteiger partial charge in [0.25, 0.3) is 0 Å². The topological polar surface area (TPSA) is 61.5 Å². The molecule has 0 atom stereocenters. The number of anilines is 1. The summed E-state index contributed by atoms with van der Waals surface area (Å²) in [7, 11) is 1.46. The highest BCUT2D eigenvalue weighted by Crippen LogP contribution is 2.23. The number of nitrogens with two attached hydrogens (primary N) is 1. The SMILES string of the molecule is COc1cc(C(=O)OCc2ccc(Br)cc2F)ccc1N. The fourth-order valence-electron chi connectivity index (χ4n) is 1.70. The van der Waals surface area contributed by atoms with E-state index in [1.807, 2.05) is 0 Å². The minimum absolute atomic E-state index is 0.148. The molecular formula is C15H13BrFNO3. The normalized spacial score (nSPS) is 10.2. The summed E-state index contributed by atoms with van der Waals surface area (Å²) in [4.78, 5) is 11.9. The minimum Gasteiger partial charge on any atom is -0.495 e. The van der Waals surface area contributed by atoms with Crippen molar-refractivity contribution in [1.29, 1.82) is 0 Å². The first-order valence-corrected chi connectivity index (χ1v) is 6.85. The van der Waals surface area contributed by atoms with Gasteiger partial charge in [0.05, 0.1) is 18.4 Å². The first kappa shape index (κ1) is 15.3. The predicted octanol–water partition coefficient (Wildman–Crippen LogP) is 3.54. The molecule has 0 heterocycles. The molecule has 0 amide bonds. The maximum absolute atomic E-state index is 13.6. The van der Waals surface area contributed by atoms with Crippen LogP contribution in [0.3, 0.4) is 0 Å². The van der Waals surface area contributed by atoms with Gasteiger partial charge < -0.3 is 15.2 Å². The molecule has 2 aromatic carbocycles. The van der Waals surface area contributed by atoms with Gasteiger partial charge in [-0.25, -0.2) is 9.18 Å². The highest BCUT2D eigenvalue weighted by molar-refractivity contribution is 9.10. The van der Waals surface area contributed by atoms with Crippen molar-refractivity contribution in [2.75, 3.05) is 12.8 Å². The van der Waals surface area contributed by atoms with Crippen molar-refractivity contribution in [1.82, 2.24) is 0 Å². The number of halogens is 2. The number of nitrogen functional groups attached to an aromatic ring is 1. The third-order valence-electron chi connectivity index (χ3n) is 2.84. The van der Waals surface area contributed by atoms with Crippen molar-refractivity contribution in [3.8, 4) is 5.75 Å². The van der Waals surface area contributed by atoms with Crippen molar-refractivity contribution < 1.29 is 18.7 Å². The Bertz CT molecular complexity index is 676. The van der Waals surface area contributed by atoms with Crippen LogP contribution in [0.4, 0.5) is 10.1 Å². The molecule has 4 nitrogen and oxygen atoms in total. The van der Waals surface area contributed by atoms with Crippen LogP contribution in [0.15, 0.2) is 40.9 Å². The van der Waals surface area contributed by atoms with Crippen molar-refractivity contribution in [3.05, 3.63) is 57.8 Å². The van der Waals surface area contributed by atoms with E-state index in [9.17, 15) is 9.18 Å². The largest absolute Gasteiger partial charge is 0.495 e. The highest BCUT2D eigenvalue weighted by atomic mass is 79.9. The molecule has 0 bridgehead atoms. The van der Waals surface area contributed by atoms with Crippen LogP contribution in [0.5, 0.6) is 5.75 Å². The van der Waals surface area contributed by atoms with Crippen molar-refractivity contribution in [2.45, 2.75) is 6.61 Å². The van der Waals surface area contributed by atoms with Crippen molar-refractivity contribution >= 4 is 27.6 Å². The lowest BCUT2D eigenvalue weighted by molar-refractivity contribution is 0.0468. The first-order chi connectivity index (χ1) is 10.0. The molecule has 21 heavy (non-hydrogen) atoms. The molecule has 0 saturated heterocycles. The van der Waals surface area contributed by atoms with Crippen LogP contribution in [-0.4, -0.2) is 13.1 Å². The quantitative estimate of drug-likeness (QED) is 0.674. The van der Waals surface area contributed by atoms with E-state index in [1.54, 1.807) is 18.2 Å². The van der Waals surface area contributed by atoms with Crippen LogP contribution < -0.4 is 10.5 Å². The van der Waals surface area contributed by atoms with Gasteiger partial charge in [0, 0.05) is 10.0 Å². The number of ether oxygens (including phenoxy) is 2. The second-order valence-electron chi connectivity index (χ2n) is 4.27. The van der Waals surface area contributed by atoms with Gasteiger partial charge in [0.2, 0.25) is 0 Å². The van der Waals surface area contributed by atoms with E-state index in [-0.39, 0.29) is 6.61 Å². The summed E-state index contributed by atoms with van der Waals surface area (Å²) in [5.74, 6) is -0.623. The average Bonchev–Trinajstić information content (AvgIpc) is 2.46. The first-order valence-electron chi connectivity index (χ1n) is 6.06. The summed E-state index contributed by atoms with van der Waals surface area (Å²) < 4.78 is 24.4. The molecule has 0 radical (unpaired) electrons. The molecule has 2 aromatic rings. The Morgan fingerprint density at radius 1 is 1.29 bits per heavy atom. The summed E-state index contributed by atoms with van der Waals surface area (Å²) >= 11 is 3.16. The summed E-state index contributed by atoms with van der Waals surface area (Å²) in [6.45, 7) is -0.148. The lowest BCUT2D eigenvalue weighted by Crippen LogP contribution is -2.07. The summed E-state index contributed by atoms with van der Waals surface area (Å²) in [5.41, 5.74) is 6.68. The van der Waals surface area contributed by atoms with E-state index >= 15 is 0 Å². The van der Waals surface area contributed by atoms with Gasteiger partial charge in [-0.15, -0.1) is 0 Å². The molecule has 0 aromatic heterocycles. The van der Waals surface area contributed by atoms with Crippen LogP contribution >= 0.6 is 15.9 Å². The Labute approximate surface area is 129 Å². The summed E-state index contributed by atoms with van der Waals surface area (Å²) in [5, 5.41) is 0. The number of carbonyl (C=O) groups excluding carboxylic acids is 1. The molecule has 0 saturated carbocycles. The van der Waals surface area contributed by atoms with E-state index < -0.39 is 11.8 Å². The van der Waals surface area contributed by atoms with E-state index in [1.165, 1.54) is 25.3 Å². The minimum atomic E-state index is -0.574. The summed E-state index contributed by atoms with van der Waals surface area (Å²) in [6, 6.07) is 9.10. The zero-order chi connectivity index (χ0) is 15.4. The lowest BCUT2D eigenvalue weighted by atomic mass is 10.2. The van der Waals surface area contributed by atoms with E-state index in [0.717, 1.165) is 0 Å². The van der Waals surface area contributed by atoms with Gasteiger partial charge in [-0.1, -0.05) is 22.0 Å². The molecule has 0 unspecified atom stereocenters. The number of rotatable bonds is 4. The Morgan fingerprint density at radius 2 is 2.05 bits per heavy atom. The molecule has 0 fully saturated rings. The third kappa shape index (κ3) is 3.72. The van der Waals surface area contributed by atoms with Gasteiger partial charge in [0.1, 0.15) is 18.2 Å². The lowest BCUT2D eigenvalue weighted by Gasteiger charge is -2.08. The standard InChI is InChI=1S/C15H13BrFNO3/c1-20-14-6-9(3-5-13(14)18)15(19)21-8-10-2-4-11(16)7-12(10)17/h2-7H,8,18H2,1H3. The molecule has 0 spiro atoms. The van der Waals surface area contributed by atoms with Gasteiger partial charge in [0.15, 0.2) is 0 Å². The van der Waals surface area contributed by atoms with Gasteiger partial charge in [-0.2, -0.15) is 0 Å². The molecule has 6 heteroatoms. The zero-order valence-electron chi connectivity index (χ0n) is 11.2. The van der Waals surface area contributed by atoms with Gasteiger partial charge in [-0.3, -0.25) is 0 Å². The van der Waals surface area contributed by atoms with Crippen LogP contribution in [0.1, 0.15) is 15.9 Å². The van der Waals surface area contributed by atoms with E-state index in [0.29, 0.717) is 27.0 Å². The smallest absolute Gasteiger partial charge is 0.338 e. The number of benzene rings is 2. The molecular weight excluding hydrogens is 341 g/mol. The molecule has 110 valence electrons. The average molecular weight is 354 g/mol. The van der Waals surface area contributed by atoms with Crippen molar-refractivity contribution in [3.63, 3.8) is 0 Å². The number of hydrogen-bond donors (Lipinski definition) is 1. The van der Waals surface area contributed by atoms with Crippen LogP contribution in [0, 0.1) is 5.82 Å². The third-order valence-corrected chi connectivity index (χ3v) is 3.34. The monoisotopic (exact) mass is 353 g/mol. The Balaban J connectivity index is 2.08. The molecule has 0 aliphatic heterocycles. The van der Waals surface area contributed by atoms with Crippen LogP contribution in [0.25, 0.3) is 0 Å². The Kier molecular flexibility index (Phi) is 4.80. The van der Waals surface area contributed by atoms with Crippen LogP contribution in [0.2, 0.25) is 0 Å². The second-order valence-corrected chi connectivity index (χ2v) is 5.18. The fourth-order valence-corrected chi connectivity index (χ4v) is 2.04. The summed E-state index contributed by atoms with van der Waals surface area (Å²) in [6.07, 6.45) is 0. The number of esters is 1. The van der Waals surface area contributed by atoms with E-state index in [4.69, 9.17) is 15.2 Å². The number of hydrogen-bond acceptors (Lipinski definition) is 4.